The molecule has 5 nitrogen and oxygen atoms in total. The van der Waals surface area contributed by atoms with E-state index in [0.717, 1.165) is 11.1 Å². The molecule has 0 spiro atoms. The molecule has 0 aliphatic rings. The molecule has 0 saturated heterocycles. The number of carbonyl (C=O) groups is 1. The van der Waals surface area contributed by atoms with Crippen LogP contribution in [0.1, 0.15) is 30.8 Å². The molecule has 1 unspecified atom stereocenters. The predicted octanol–water partition coefficient (Wildman–Crippen LogP) is 4.20. The van der Waals surface area contributed by atoms with Crippen LogP contribution in [-0.4, -0.2) is 16.0 Å². The fraction of sp³-hybridized carbons (Fsp3) is 0.211. The number of aryl methyl sites for hydroxylation is 1. The lowest BCUT2D eigenvalue weighted by Gasteiger charge is -2.13. The topological polar surface area (TPSA) is 68.0 Å². The summed E-state index contributed by atoms with van der Waals surface area (Å²) in [5.41, 5.74) is 1.85. The van der Waals surface area contributed by atoms with Crippen molar-refractivity contribution in [2.24, 2.45) is 0 Å². The van der Waals surface area contributed by atoms with Gasteiger partial charge in [-0.1, -0.05) is 59.2 Å². The number of rotatable bonds is 6. The van der Waals surface area contributed by atoms with Crippen LogP contribution in [0.15, 0.2) is 59.1 Å². The molecule has 2 aromatic carbocycles. The van der Waals surface area contributed by atoms with E-state index >= 15 is 0 Å². The molecule has 0 bridgehead atoms. The van der Waals surface area contributed by atoms with Crippen LogP contribution < -0.4 is 5.32 Å². The monoisotopic (exact) mass is 355 g/mol. The first-order chi connectivity index (χ1) is 12.1. The van der Waals surface area contributed by atoms with Crippen LogP contribution in [0.3, 0.4) is 0 Å². The summed E-state index contributed by atoms with van der Waals surface area (Å²) in [7, 11) is 0. The zero-order valence-electron chi connectivity index (χ0n) is 13.8. The maximum atomic E-state index is 12.1. The molecule has 3 rings (SSSR count). The highest BCUT2D eigenvalue weighted by Gasteiger charge is 2.13. The summed E-state index contributed by atoms with van der Waals surface area (Å²) >= 11 is 5.96. The average Bonchev–Trinajstić information content (AvgIpc) is 3.10. The van der Waals surface area contributed by atoms with E-state index in [1.807, 2.05) is 49.4 Å². The van der Waals surface area contributed by atoms with Crippen molar-refractivity contribution >= 4 is 17.5 Å². The molecule has 1 heterocycles. The Hall–Kier alpha value is -2.66. The molecule has 1 amide bonds. The maximum absolute atomic E-state index is 12.1. The average molecular weight is 356 g/mol. The van der Waals surface area contributed by atoms with Crippen molar-refractivity contribution in [3.05, 3.63) is 71.1 Å². The van der Waals surface area contributed by atoms with Crippen LogP contribution in [-0.2, 0) is 11.2 Å². The standard InChI is InChI=1S/C19H18ClN3O2/c1-13(14-6-3-2-4-7-14)21-17(24)10-11-18-22-19(23-25-18)15-8-5-9-16(20)12-15/h2-9,12-13H,10-11H2,1H3,(H,21,24). The molecule has 128 valence electrons. The van der Waals surface area contributed by atoms with Crippen LogP contribution in [0, 0.1) is 0 Å². The van der Waals surface area contributed by atoms with E-state index in [2.05, 4.69) is 15.5 Å². The van der Waals surface area contributed by atoms with Crippen molar-refractivity contribution in [3.8, 4) is 11.4 Å². The van der Waals surface area contributed by atoms with Gasteiger partial charge in [-0.2, -0.15) is 4.98 Å². The third-order valence-electron chi connectivity index (χ3n) is 3.79. The molecule has 6 heteroatoms. The highest BCUT2D eigenvalue weighted by atomic mass is 35.5. The van der Waals surface area contributed by atoms with E-state index < -0.39 is 0 Å². The molecule has 0 aliphatic heterocycles. The van der Waals surface area contributed by atoms with Crippen molar-refractivity contribution in [1.82, 2.24) is 15.5 Å². The van der Waals surface area contributed by atoms with Gasteiger partial charge in [0.15, 0.2) is 0 Å². The second-order valence-corrected chi connectivity index (χ2v) is 6.16. The summed E-state index contributed by atoms with van der Waals surface area (Å²) < 4.78 is 5.21. The molecule has 1 aromatic heterocycles. The molecule has 1 atom stereocenters. The molecule has 0 fully saturated rings. The van der Waals surface area contributed by atoms with Crippen LogP contribution in [0.4, 0.5) is 0 Å². The Morgan fingerprint density at radius 1 is 1.20 bits per heavy atom. The SMILES string of the molecule is CC(NC(=O)CCc1nc(-c2cccc(Cl)c2)no1)c1ccccc1. The summed E-state index contributed by atoms with van der Waals surface area (Å²) in [5.74, 6) is 0.840. The van der Waals surface area contributed by atoms with Gasteiger partial charge >= 0.3 is 0 Å². The largest absolute Gasteiger partial charge is 0.350 e. The van der Waals surface area contributed by atoms with Gasteiger partial charge in [-0.15, -0.1) is 0 Å². The molecule has 0 aliphatic carbocycles. The number of hydrogen-bond donors (Lipinski definition) is 1. The Bertz CT molecular complexity index is 849. The van der Waals surface area contributed by atoms with Gasteiger partial charge in [0.05, 0.1) is 6.04 Å². The Kier molecular flexibility index (Phi) is 5.46. The summed E-state index contributed by atoms with van der Waals surface area (Å²) in [4.78, 5) is 16.4. The van der Waals surface area contributed by atoms with Gasteiger partial charge in [0.1, 0.15) is 0 Å². The van der Waals surface area contributed by atoms with Crippen LogP contribution in [0.5, 0.6) is 0 Å². The van der Waals surface area contributed by atoms with Gasteiger partial charge in [0, 0.05) is 23.4 Å². The number of hydrogen-bond acceptors (Lipinski definition) is 4. The smallest absolute Gasteiger partial charge is 0.227 e. The molecular weight excluding hydrogens is 338 g/mol. The first-order valence-electron chi connectivity index (χ1n) is 8.04. The Balaban J connectivity index is 1.54. The second-order valence-electron chi connectivity index (χ2n) is 5.72. The zero-order valence-corrected chi connectivity index (χ0v) is 14.5. The summed E-state index contributed by atoms with van der Waals surface area (Å²) in [6.07, 6.45) is 0.676. The van der Waals surface area contributed by atoms with Crippen molar-refractivity contribution in [1.29, 1.82) is 0 Å². The third-order valence-corrected chi connectivity index (χ3v) is 4.03. The molecular formula is C19H18ClN3O2. The Morgan fingerprint density at radius 3 is 2.76 bits per heavy atom. The van der Waals surface area contributed by atoms with Crippen molar-refractivity contribution in [2.75, 3.05) is 0 Å². The van der Waals surface area contributed by atoms with Gasteiger partial charge in [-0.3, -0.25) is 4.79 Å². The third kappa shape index (κ3) is 4.67. The molecule has 0 saturated carbocycles. The minimum Gasteiger partial charge on any atom is -0.350 e. The van der Waals surface area contributed by atoms with Crippen molar-refractivity contribution in [3.63, 3.8) is 0 Å². The van der Waals surface area contributed by atoms with Crippen LogP contribution in [0.2, 0.25) is 5.02 Å². The number of aromatic nitrogens is 2. The molecule has 25 heavy (non-hydrogen) atoms. The molecule has 0 radical (unpaired) electrons. The molecule has 1 N–H and O–H groups in total. The minimum atomic E-state index is -0.0566. The van der Waals surface area contributed by atoms with E-state index in [1.165, 1.54) is 0 Å². The number of amides is 1. The van der Waals surface area contributed by atoms with Crippen LogP contribution in [0.25, 0.3) is 11.4 Å². The van der Waals surface area contributed by atoms with E-state index in [1.54, 1.807) is 12.1 Å². The van der Waals surface area contributed by atoms with Crippen molar-refractivity contribution in [2.45, 2.75) is 25.8 Å². The highest BCUT2D eigenvalue weighted by molar-refractivity contribution is 6.30. The first-order valence-corrected chi connectivity index (χ1v) is 8.42. The fourth-order valence-electron chi connectivity index (χ4n) is 2.46. The number of halogens is 1. The molecule has 3 aromatic rings. The van der Waals surface area contributed by atoms with E-state index in [9.17, 15) is 4.79 Å². The second kappa shape index (κ2) is 7.94. The summed E-state index contributed by atoms with van der Waals surface area (Å²) in [5, 5.41) is 7.51. The zero-order chi connectivity index (χ0) is 17.6. The Morgan fingerprint density at radius 2 is 2.00 bits per heavy atom. The number of nitrogens with zero attached hydrogens (tertiary/aromatic N) is 2. The lowest BCUT2D eigenvalue weighted by molar-refractivity contribution is -0.121. The van der Waals surface area contributed by atoms with Crippen LogP contribution >= 0.6 is 11.6 Å². The predicted molar refractivity (Wildman–Crippen MR) is 96.1 cm³/mol. The maximum Gasteiger partial charge on any atom is 0.227 e. The quantitative estimate of drug-likeness (QED) is 0.719. The minimum absolute atomic E-state index is 0.0431. The number of carbonyl (C=O) groups excluding carboxylic acids is 1. The number of benzene rings is 2. The normalized spacial score (nSPS) is 11.9. The fourth-order valence-corrected chi connectivity index (χ4v) is 2.65. The number of nitrogens with one attached hydrogen (secondary N) is 1. The lowest BCUT2D eigenvalue weighted by atomic mass is 10.1. The lowest BCUT2D eigenvalue weighted by Crippen LogP contribution is -2.26. The Labute approximate surface area is 151 Å². The van der Waals surface area contributed by atoms with Crippen molar-refractivity contribution < 1.29 is 9.32 Å². The van der Waals surface area contributed by atoms with Gasteiger partial charge in [0.25, 0.3) is 0 Å². The van der Waals surface area contributed by atoms with Gasteiger partial charge in [-0.05, 0) is 24.6 Å². The van der Waals surface area contributed by atoms with E-state index in [-0.39, 0.29) is 18.4 Å². The van der Waals surface area contributed by atoms with E-state index in [4.69, 9.17) is 16.1 Å². The van der Waals surface area contributed by atoms with Gasteiger partial charge < -0.3 is 9.84 Å². The van der Waals surface area contributed by atoms with E-state index in [0.29, 0.717) is 23.2 Å². The van der Waals surface area contributed by atoms with Gasteiger partial charge in [0.2, 0.25) is 17.6 Å². The summed E-state index contributed by atoms with van der Waals surface area (Å²) in [6, 6.07) is 17.0. The summed E-state index contributed by atoms with van der Waals surface area (Å²) in [6.45, 7) is 1.96. The van der Waals surface area contributed by atoms with Gasteiger partial charge in [-0.25, -0.2) is 0 Å². The first kappa shape index (κ1) is 17.2. The highest BCUT2D eigenvalue weighted by Crippen LogP contribution is 2.20.